The van der Waals surface area contributed by atoms with E-state index in [0.29, 0.717) is 0 Å². The van der Waals surface area contributed by atoms with Gasteiger partial charge >= 0.3 is 0 Å². The van der Waals surface area contributed by atoms with Crippen LogP contribution >= 0.6 is 0 Å². The predicted octanol–water partition coefficient (Wildman–Crippen LogP) is -0.554. The second kappa shape index (κ2) is 3.94. The Labute approximate surface area is 58.7 Å². The number of rotatable bonds is 4. The lowest BCUT2D eigenvalue weighted by Crippen LogP contribution is -1.99. The van der Waals surface area contributed by atoms with Crippen LogP contribution in [0.15, 0.2) is 6.33 Å². The van der Waals surface area contributed by atoms with Crippen LogP contribution in [0.4, 0.5) is 0 Å². The zero-order valence-corrected chi connectivity index (χ0v) is 5.64. The Kier molecular flexibility index (Phi) is 2.82. The number of hydrogen-bond acceptors (Lipinski definition) is 4. The third-order valence-electron chi connectivity index (χ3n) is 1.19. The Bertz CT molecular complexity index is 162. The third-order valence-corrected chi connectivity index (χ3v) is 1.19. The standard InChI is InChI=1S/C5H10N4O/c10-4-2-1-3-9-5-6-7-8-9/h5,10H,1-4H2. The van der Waals surface area contributed by atoms with E-state index in [0.717, 1.165) is 19.4 Å². The summed E-state index contributed by atoms with van der Waals surface area (Å²) in [6, 6.07) is 0. The minimum absolute atomic E-state index is 0.238. The molecule has 0 aliphatic carbocycles. The molecule has 5 nitrogen and oxygen atoms in total. The molecule has 1 N–H and O–H groups in total. The number of unbranched alkanes of at least 4 members (excludes halogenated alkanes) is 1. The van der Waals surface area contributed by atoms with Crippen molar-refractivity contribution in [1.29, 1.82) is 0 Å². The smallest absolute Gasteiger partial charge is 0.138 e. The highest BCUT2D eigenvalue weighted by atomic mass is 16.2. The fraction of sp³-hybridized carbons (Fsp3) is 0.800. The Morgan fingerprint density at radius 3 is 2.90 bits per heavy atom. The summed E-state index contributed by atoms with van der Waals surface area (Å²) in [7, 11) is 0. The second-order valence-corrected chi connectivity index (χ2v) is 2.00. The fourth-order valence-electron chi connectivity index (χ4n) is 0.668. The van der Waals surface area contributed by atoms with Crippen LogP contribution in [0.3, 0.4) is 0 Å². The molecular weight excluding hydrogens is 132 g/mol. The monoisotopic (exact) mass is 142 g/mol. The van der Waals surface area contributed by atoms with Crippen molar-refractivity contribution >= 4 is 0 Å². The summed E-state index contributed by atoms with van der Waals surface area (Å²) in [5, 5.41) is 19.0. The normalized spacial score (nSPS) is 10.1. The van der Waals surface area contributed by atoms with Crippen molar-refractivity contribution in [2.75, 3.05) is 6.61 Å². The van der Waals surface area contributed by atoms with E-state index < -0.39 is 0 Å². The van der Waals surface area contributed by atoms with Gasteiger partial charge in [-0.15, -0.1) is 5.10 Å². The highest BCUT2D eigenvalue weighted by Crippen LogP contribution is 1.89. The quantitative estimate of drug-likeness (QED) is 0.573. The molecule has 1 heterocycles. The summed E-state index contributed by atoms with van der Waals surface area (Å²) in [5.41, 5.74) is 0. The van der Waals surface area contributed by atoms with Gasteiger partial charge in [0.2, 0.25) is 0 Å². The number of aliphatic hydroxyl groups is 1. The maximum absolute atomic E-state index is 8.43. The van der Waals surface area contributed by atoms with E-state index in [1.54, 1.807) is 11.0 Å². The molecule has 1 aromatic heterocycles. The van der Waals surface area contributed by atoms with Gasteiger partial charge in [-0.3, -0.25) is 0 Å². The Morgan fingerprint density at radius 2 is 2.30 bits per heavy atom. The summed E-state index contributed by atoms with van der Waals surface area (Å²) < 4.78 is 1.65. The molecule has 0 saturated carbocycles. The largest absolute Gasteiger partial charge is 0.396 e. The molecule has 10 heavy (non-hydrogen) atoms. The molecule has 5 heteroatoms. The molecule has 0 amide bonds. The molecule has 1 aromatic rings. The van der Waals surface area contributed by atoms with Crippen molar-refractivity contribution in [1.82, 2.24) is 20.2 Å². The van der Waals surface area contributed by atoms with Gasteiger partial charge in [0.05, 0.1) is 0 Å². The highest BCUT2D eigenvalue weighted by molar-refractivity contribution is 4.46. The minimum atomic E-state index is 0.238. The van der Waals surface area contributed by atoms with Gasteiger partial charge in [-0.2, -0.15) is 0 Å². The summed E-state index contributed by atoms with van der Waals surface area (Å²) in [6.45, 7) is 1.02. The van der Waals surface area contributed by atoms with Gasteiger partial charge in [0.1, 0.15) is 6.33 Å². The lowest BCUT2D eigenvalue weighted by molar-refractivity contribution is 0.280. The van der Waals surface area contributed by atoms with Crippen LogP contribution in [0.1, 0.15) is 12.8 Å². The molecule has 56 valence electrons. The highest BCUT2D eigenvalue weighted by Gasteiger charge is 1.90. The van der Waals surface area contributed by atoms with Crippen LogP contribution in [0.2, 0.25) is 0 Å². The number of tetrazole rings is 1. The molecule has 0 radical (unpaired) electrons. The Hall–Kier alpha value is -0.970. The molecule has 0 fully saturated rings. The average Bonchev–Trinajstić information content (AvgIpc) is 2.41. The summed E-state index contributed by atoms with van der Waals surface area (Å²) in [4.78, 5) is 0. The van der Waals surface area contributed by atoms with Crippen LogP contribution < -0.4 is 0 Å². The van der Waals surface area contributed by atoms with Gasteiger partial charge in [0.15, 0.2) is 0 Å². The van der Waals surface area contributed by atoms with Crippen LogP contribution in [0.5, 0.6) is 0 Å². The summed E-state index contributed by atoms with van der Waals surface area (Å²) in [5.74, 6) is 0. The Morgan fingerprint density at radius 1 is 1.40 bits per heavy atom. The molecule has 0 bridgehead atoms. The molecule has 0 unspecified atom stereocenters. The van der Waals surface area contributed by atoms with Crippen molar-refractivity contribution in [3.8, 4) is 0 Å². The number of aliphatic hydroxyl groups excluding tert-OH is 1. The maximum atomic E-state index is 8.43. The van der Waals surface area contributed by atoms with E-state index in [9.17, 15) is 0 Å². The van der Waals surface area contributed by atoms with Gasteiger partial charge in [-0.1, -0.05) is 0 Å². The average molecular weight is 142 g/mol. The van der Waals surface area contributed by atoms with Crippen molar-refractivity contribution in [2.45, 2.75) is 19.4 Å². The van der Waals surface area contributed by atoms with Crippen molar-refractivity contribution in [3.63, 3.8) is 0 Å². The molecule has 0 aliphatic heterocycles. The van der Waals surface area contributed by atoms with Gasteiger partial charge in [-0.05, 0) is 23.3 Å². The molecule has 0 saturated heterocycles. The van der Waals surface area contributed by atoms with E-state index >= 15 is 0 Å². The first-order valence-electron chi connectivity index (χ1n) is 3.25. The van der Waals surface area contributed by atoms with E-state index in [1.807, 2.05) is 0 Å². The zero-order valence-electron chi connectivity index (χ0n) is 5.64. The molecule has 0 aliphatic rings. The first-order valence-corrected chi connectivity index (χ1v) is 3.25. The number of aryl methyl sites for hydroxylation is 1. The fourth-order valence-corrected chi connectivity index (χ4v) is 0.668. The van der Waals surface area contributed by atoms with Crippen molar-refractivity contribution in [2.24, 2.45) is 0 Å². The van der Waals surface area contributed by atoms with Crippen LogP contribution in [-0.4, -0.2) is 31.9 Å². The van der Waals surface area contributed by atoms with E-state index in [2.05, 4.69) is 15.5 Å². The lowest BCUT2D eigenvalue weighted by Gasteiger charge is -1.95. The van der Waals surface area contributed by atoms with E-state index in [1.165, 1.54) is 0 Å². The third kappa shape index (κ3) is 2.10. The second-order valence-electron chi connectivity index (χ2n) is 2.00. The first-order chi connectivity index (χ1) is 4.93. The minimum Gasteiger partial charge on any atom is -0.396 e. The number of nitrogens with zero attached hydrogens (tertiary/aromatic N) is 4. The molecule has 0 aromatic carbocycles. The number of aromatic nitrogens is 4. The topological polar surface area (TPSA) is 63.8 Å². The van der Waals surface area contributed by atoms with Gasteiger partial charge in [-0.25, -0.2) is 4.68 Å². The summed E-state index contributed by atoms with van der Waals surface area (Å²) in [6.07, 6.45) is 3.29. The molecular formula is C5H10N4O. The van der Waals surface area contributed by atoms with Crippen molar-refractivity contribution < 1.29 is 5.11 Å². The summed E-state index contributed by atoms with van der Waals surface area (Å²) >= 11 is 0. The molecule has 0 atom stereocenters. The molecule has 1 rings (SSSR count). The van der Waals surface area contributed by atoms with Crippen LogP contribution in [-0.2, 0) is 6.54 Å². The van der Waals surface area contributed by atoms with Crippen LogP contribution in [0.25, 0.3) is 0 Å². The first kappa shape index (κ1) is 7.14. The lowest BCUT2D eigenvalue weighted by atomic mass is 10.3. The Balaban J connectivity index is 2.15. The van der Waals surface area contributed by atoms with E-state index in [4.69, 9.17) is 5.11 Å². The van der Waals surface area contributed by atoms with Crippen molar-refractivity contribution in [3.05, 3.63) is 6.33 Å². The van der Waals surface area contributed by atoms with E-state index in [-0.39, 0.29) is 6.61 Å². The predicted molar refractivity (Wildman–Crippen MR) is 34.1 cm³/mol. The van der Waals surface area contributed by atoms with Gasteiger partial charge in [0, 0.05) is 13.2 Å². The maximum Gasteiger partial charge on any atom is 0.138 e. The zero-order chi connectivity index (χ0) is 7.23. The SMILES string of the molecule is OCCCCn1cnnn1. The molecule has 0 spiro atoms. The number of hydrogen-bond donors (Lipinski definition) is 1. The van der Waals surface area contributed by atoms with Gasteiger partial charge in [0.25, 0.3) is 0 Å². The van der Waals surface area contributed by atoms with Crippen LogP contribution in [0, 0.1) is 0 Å². The van der Waals surface area contributed by atoms with Gasteiger partial charge < -0.3 is 5.11 Å².